The standard InChI is InChI=1S/C37H64O8/c1-5-6-7-8-9-15-18-21-24-35(43-31-39-3)29-41-26-27-42-30-36(44-32-40-4)25-22-19-16-13-11-10-12-14-17-20-23-34-28-33(2)45-37(34)38/h13,16,28,33,35-36H,5-12,14-15,17-18,20-21,23-27,29-32H2,1-4H3/b16-13+/t33-,35-,36-/m0/s1/i26D2,27D2. The van der Waals surface area contributed by atoms with Crippen molar-refractivity contribution in [3.8, 4) is 11.8 Å². The molecular formula is C37H64O8. The van der Waals surface area contributed by atoms with E-state index in [9.17, 15) is 4.79 Å². The summed E-state index contributed by atoms with van der Waals surface area (Å²) in [5.74, 6) is 5.82. The SMILES string of the molecule is [2H]C([2H])(OC[C@H](CC#C/C=C/CCCCCCCC1=C[C@H](C)OC1=O)OCOC)C([2H])([2H])OC[C@H](CCCCCCCCCC)OCOC. The first kappa shape index (κ1) is 34.6. The number of ether oxygens (including phenoxy) is 7. The maximum atomic E-state index is 11.6. The zero-order valence-electron chi connectivity index (χ0n) is 32.6. The van der Waals surface area contributed by atoms with Crippen molar-refractivity contribution in [3.05, 3.63) is 23.8 Å². The van der Waals surface area contributed by atoms with Crippen molar-refractivity contribution in [1.29, 1.82) is 0 Å². The second-order valence-electron chi connectivity index (χ2n) is 11.5. The quantitative estimate of drug-likeness (QED) is 0.0326. The molecule has 0 bridgehead atoms. The molecule has 0 saturated heterocycles. The Hall–Kier alpha value is -1.73. The molecule has 8 heteroatoms. The summed E-state index contributed by atoms with van der Waals surface area (Å²) >= 11 is 0. The third kappa shape index (κ3) is 25.1. The van der Waals surface area contributed by atoms with Gasteiger partial charge >= 0.3 is 5.97 Å². The van der Waals surface area contributed by atoms with Gasteiger partial charge in [0.15, 0.2) is 0 Å². The molecular weight excluding hydrogens is 572 g/mol. The Morgan fingerprint density at radius 3 is 2.11 bits per heavy atom. The van der Waals surface area contributed by atoms with Gasteiger partial charge in [0, 0.05) is 26.2 Å². The third-order valence-corrected chi connectivity index (χ3v) is 7.39. The van der Waals surface area contributed by atoms with Crippen LogP contribution in [-0.4, -0.2) is 78.4 Å². The molecule has 0 saturated carbocycles. The summed E-state index contributed by atoms with van der Waals surface area (Å²) in [6.45, 7) is -1.76. The number of hydrogen-bond donors (Lipinski definition) is 0. The number of unbranched alkanes of at least 4 members (excludes halogenated alkanes) is 12. The molecule has 0 aromatic rings. The molecule has 0 amide bonds. The molecule has 0 aliphatic carbocycles. The van der Waals surface area contributed by atoms with Crippen molar-refractivity contribution in [1.82, 2.24) is 0 Å². The first-order valence-corrected chi connectivity index (χ1v) is 17.1. The molecule has 0 aromatic carbocycles. The van der Waals surface area contributed by atoms with E-state index in [0.717, 1.165) is 69.8 Å². The number of hydrogen-bond acceptors (Lipinski definition) is 8. The van der Waals surface area contributed by atoms with Crippen LogP contribution in [0.5, 0.6) is 0 Å². The van der Waals surface area contributed by atoms with Crippen LogP contribution in [0.25, 0.3) is 0 Å². The van der Waals surface area contributed by atoms with Crippen LogP contribution in [0, 0.1) is 11.8 Å². The van der Waals surface area contributed by atoms with E-state index in [4.69, 9.17) is 38.6 Å². The molecule has 0 radical (unpaired) electrons. The summed E-state index contributed by atoms with van der Waals surface area (Å²) in [4.78, 5) is 11.6. The first-order chi connectivity index (χ1) is 23.6. The van der Waals surface area contributed by atoms with E-state index in [0.29, 0.717) is 6.42 Å². The average Bonchev–Trinajstić information content (AvgIpc) is 3.40. The smallest absolute Gasteiger partial charge is 0.334 e. The largest absolute Gasteiger partial charge is 0.455 e. The summed E-state index contributed by atoms with van der Waals surface area (Å²) in [7, 11) is 3.00. The Morgan fingerprint density at radius 1 is 0.867 bits per heavy atom. The highest BCUT2D eigenvalue weighted by atomic mass is 16.7. The topological polar surface area (TPSA) is 81.7 Å². The monoisotopic (exact) mass is 640 g/mol. The molecule has 1 aliphatic heterocycles. The number of carbonyl (C=O) groups is 1. The molecule has 260 valence electrons. The van der Waals surface area contributed by atoms with Gasteiger partial charge in [0.2, 0.25) is 0 Å². The van der Waals surface area contributed by atoms with Gasteiger partial charge in [-0.25, -0.2) is 4.79 Å². The summed E-state index contributed by atoms with van der Waals surface area (Å²) in [5, 5.41) is 0. The average molecular weight is 641 g/mol. The highest BCUT2D eigenvalue weighted by Gasteiger charge is 2.21. The Labute approximate surface area is 280 Å². The fraction of sp³-hybridized carbons (Fsp3) is 0.811. The van der Waals surface area contributed by atoms with Crippen molar-refractivity contribution < 1.29 is 43.4 Å². The third-order valence-electron chi connectivity index (χ3n) is 7.39. The highest BCUT2D eigenvalue weighted by molar-refractivity contribution is 5.90. The van der Waals surface area contributed by atoms with E-state index < -0.39 is 25.3 Å². The van der Waals surface area contributed by atoms with Crippen molar-refractivity contribution >= 4 is 5.97 Å². The van der Waals surface area contributed by atoms with Crippen molar-refractivity contribution in [2.45, 2.75) is 141 Å². The number of cyclic esters (lactones) is 1. The normalized spacial score (nSPS) is 18.0. The van der Waals surface area contributed by atoms with Crippen LogP contribution in [0.15, 0.2) is 23.8 Å². The molecule has 8 nitrogen and oxygen atoms in total. The molecule has 3 atom stereocenters. The van der Waals surface area contributed by atoms with Gasteiger partial charge in [-0.2, -0.15) is 0 Å². The van der Waals surface area contributed by atoms with E-state index in [1.165, 1.54) is 46.3 Å². The van der Waals surface area contributed by atoms with E-state index >= 15 is 0 Å². The van der Waals surface area contributed by atoms with E-state index in [-0.39, 0.29) is 45.3 Å². The summed E-state index contributed by atoms with van der Waals surface area (Å²) in [5.41, 5.74) is 0.807. The number of allylic oxidation sites excluding steroid dienone is 2. The van der Waals surface area contributed by atoms with E-state index in [2.05, 4.69) is 18.8 Å². The maximum Gasteiger partial charge on any atom is 0.334 e. The zero-order chi connectivity index (χ0) is 36.2. The van der Waals surface area contributed by atoms with Crippen LogP contribution in [0.3, 0.4) is 0 Å². The summed E-state index contributed by atoms with van der Waals surface area (Å²) in [6.07, 6.45) is 21.9. The van der Waals surface area contributed by atoms with Gasteiger partial charge in [-0.05, 0) is 51.2 Å². The second kappa shape index (κ2) is 30.9. The molecule has 0 spiro atoms. The minimum atomic E-state index is -2.75. The minimum absolute atomic E-state index is 0.0317. The van der Waals surface area contributed by atoms with Crippen LogP contribution >= 0.6 is 0 Å². The van der Waals surface area contributed by atoms with Gasteiger partial charge in [-0.15, -0.1) is 0 Å². The minimum Gasteiger partial charge on any atom is -0.455 e. The lowest BCUT2D eigenvalue weighted by molar-refractivity contribution is -0.139. The van der Waals surface area contributed by atoms with Gasteiger partial charge in [-0.3, -0.25) is 0 Å². The van der Waals surface area contributed by atoms with Gasteiger partial charge in [0.25, 0.3) is 0 Å². The second-order valence-corrected chi connectivity index (χ2v) is 11.5. The molecule has 0 unspecified atom stereocenters. The lowest BCUT2D eigenvalue weighted by Crippen LogP contribution is -2.24. The molecule has 0 fully saturated rings. The molecule has 45 heavy (non-hydrogen) atoms. The summed E-state index contributed by atoms with van der Waals surface area (Å²) in [6, 6.07) is 0. The Morgan fingerprint density at radius 2 is 1.47 bits per heavy atom. The molecule has 0 aromatic heterocycles. The van der Waals surface area contributed by atoms with Crippen LogP contribution in [0.1, 0.15) is 128 Å². The molecule has 1 heterocycles. The highest BCUT2D eigenvalue weighted by Crippen LogP contribution is 2.20. The van der Waals surface area contributed by atoms with Crippen LogP contribution in [0.4, 0.5) is 0 Å². The van der Waals surface area contributed by atoms with Crippen LogP contribution in [-0.2, 0) is 38.0 Å². The predicted octanol–water partition coefficient (Wildman–Crippen LogP) is 8.08. The predicted molar refractivity (Wildman–Crippen MR) is 180 cm³/mol. The van der Waals surface area contributed by atoms with Crippen LogP contribution < -0.4 is 0 Å². The fourth-order valence-electron chi connectivity index (χ4n) is 4.84. The van der Waals surface area contributed by atoms with Gasteiger partial charge in [0.1, 0.15) is 19.7 Å². The van der Waals surface area contributed by atoms with E-state index in [1.807, 2.05) is 19.1 Å². The van der Waals surface area contributed by atoms with Gasteiger partial charge in [-0.1, -0.05) is 95.5 Å². The van der Waals surface area contributed by atoms with Crippen molar-refractivity contribution in [3.63, 3.8) is 0 Å². The molecule has 1 rings (SSSR count). The Balaban J connectivity index is 2.41. The van der Waals surface area contributed by atoms with Gasteiger partial charge < -0.3 is 33.2 Å². The molecule has 1 aliphatic rings. The Kier molecular flexibility index (Phi) is 23.8. The maximum absolute atomic E-state index is 11.6. The van der Waals surface area contributed by atoms with Crippen molar-refractivity contribution in [2.75, 3.05) is 54.1 Å². The summed E-state index contributed by atoms with van der Waals surface area (Å²) < 4.78 is 70.4. The van der Waals surface area contributed by atoms with Gasteiger partial charge in [0.05, 0.1) is 44.0 Å². The number of rotatable bonds is 31. The number of esters is 1. The molecule has 0 N–H and O–H groups in total. The first-order valence-electron chi connectivity index (χ1n) is 19.1. The van der Waals surface area contributed by atoms with Crippen molar-refractivity contribution in [2.24, 2.45) is 0 Å². The zero-order valence-corrected chi connectivity index (χ0v) is 28.6. The van der Waals surface area contributed by atoms with E-state index in [1.54, 1.807) is 6.08 Å². The Bertz CT molecular complexity index is 979. The lowest BCUT2D eigenvalue weighted by Gasteiger charge is -2.18. The number of methoxy groups -OCH3 is 2. The van der Waals surface area contributed by atoms with Crippen LogP contribution in [0.2, 0.25) is 0 Å². The fourth-order valence-corrected chi connectivity index (χ4v) is 4.84. The number of carbonyl (C=O) groups excluding carboxylic acids is 1. The lowest BCUT2D eigenvalue weighted by atomic mass is 10.0.